The van der Waals surface area contributed by atoms with E-state index in [1.165, 1.54) is 6.92 Å². The molecule has 0 unspecified atom stereocenters. The molecular formula is C29H36N4O8Si. The Hall–Kier alpha value is -4.23. The lowest BCUT2D eigenvalue weighted by Crippen LogP contribution is -2.81. The van der Waals surface area contributed by atoms with E-state index < -0.39 is 61.8 Å². The number of ether oxygens (including phenoxy) is 2. The van der Waals surface area contributed by atoms with Crippen molar-refractivity contribution >= 4 is 38.2 Å². The van der Waals surface area contributed by atoms with Crippen LogP contribution in [0.3, 0.4) is 0 Å². The van der Waals surface area contributed by atoms with Crippen molar-refractivity contribution in [2.24, 2.45) is 5.16 Å². The van der Waals surface area contributed by atoms with Gasteiger partial charge < -0.3 is 24.7 Å². The van der Waals surface area contributed by atoms with E-state index in [4.69, 9.17) is 14.3 Å². The Morgan fingerprint density at radius 2 is 1.71 bits per heavy atom. The summed E-state index contributed by atoms with van der Waals surface area (Å²) in [6.45, 7) is 7.94. The van der Waals surface area contributed by atoms with Crippen LogP contribution in [0.25, 0.3) is 0 Å². The maximum atomic E-state index is 13.2. The van der Waals surface area contributed by atoms with Crippen LogP contribution in [-0.2, 0) is 30.3 Å². The number of hydrogen-bond donors (Lipinski definition) is 3. The summed E-state index contributed by atoms with van der Waals surface area (Å²) in [4.78, 5) is 57.0. The Labute approximate surface area is 245 Å². The summed E-state index contributed by atoms with van der Waals surface area (Å²) in [5.74, 6) is -1.80. The van der Waals surface area contributed by atoms with Gasteiger partial charge in [-0.2, -0.15) is 0 Å². The second-order valence-corrected chi connectivity index (χ2v) is 17.3. The third-order valence-corrected chi connectivity index (χ3v) is 8.74. The quantitative estimate of drug-likeness (QED) is 0.214. The first-order chi connectivity index (χ1) is 19.9. The van der Waals surface area contributed by atoms with Gasteiger partial charge in [0.15, 0.2) is 12.2 Å². The van der Waals surface area contributed by atoms with E-state index in [1.807, 2.05) is 6.07 Å². The highest BCUT2D eigenvalue weighted by Crippen LogP contribution is 2.34. The molecule has 224 valence electrons. The number of oxime groups is 1. The van der Waals surface area contributed by atoms with Gasteiger partial charge in [0.05, 0.1) is 24.8 Å². The van der Waals surface area contributed by atoms with Crippen molar-refractivity contribution in [3.05, 3.63) is 71.8 Å². The molecule has 2 aromatic carbocycles. The number of nitrogens with zero attached hydrogens (tertiary/aromatic N) is 2. The maximum absolute atomic E-state index is 13.2. The zero-order chi connectivity index (χ0) is 30.5. The lowest BCUT2D eigenvalue weighted by molar-refractivity contribution is -0.207. The number of benzene rings is 2. The number of carbonyl (C=O) groups excluding carboxylic acids is 4. The third kappa shape index (κ3) is 7.34. The van der Waals surface area contributed by atoms with Crippen LogP contribution in [-0.4, -0.2) is 84.8 Å². The number of hydrazine groups is 1. The van der Waals surface area contributed by atoms with E-state index in [1.54, 1.807) is 54.6 Å². The molecule has 0 saturated carbocycles. The van der Waals surface area contributed by atoms with Gasteiger partial charge in [0.2, 0.25) is 5.91 Å². The number of β-lactam (4-membered cyclic amide) rings is 1. The molecule has 0 spiro atoms. The summed E-state index contributed by atoms with van der Waals surface area (Å²) in [6.07, 6.45) is -2.32. The van der Waals surface area contributed by atoms with Gasteiger partial charge in [-0.05, 0) is 30.7 Å². The molecule has 4 rings (SSSR count). The van der Waals surface area contributed by atoms with E-state index in [0.717, 1.165) is 22.8 Å². The average molecular weight is 597 g/mol. The zero-order valence-corrected chi connectivity index (χ0v) is 25.0. The van der Waals surface area contributed by atoms with Gasteiger partial charge in [0.25, 0.3) is 5.91 Å². The molecule has 1 fully saturated rings. The minimum Gasteiger partial charge on any atom is -0.450 e. The third-order valence-electron chi connectivity index (χ3n) is 7.04. The van der Waals surface area contributed by atoms with Gasteiger partial charge in [0.1, 0.15) is 17.7 Å². The molecule has 0 bridgehead atoms. The van der Waals surface area contributed by atoms with Crippen LogP contribution >= 0.6 is 0 Å². The van der Waals surface area contributed by atoms with E-state index >= 15 is 0 Å². The number of aliphatic hydroxyl groups is 1. The largest absolute Gasteiger partial charge is 0.450 e. The summed E-state index contributed by atoms with van der Waals surface area (Å²) in [5.41, 5.74) is 1.48. The van der Waals surface area contributed by atoms with Crippen molar-refractivity contribution in [3.8, 4) is 0 Å². The standard InChI is InChI=1S/C29H36N4O8Si/c1-29(38)21(40-27(36)20-13-9-6-10-14-20)18-30-41-25(29)24-23(31-22(34)17-19-11-7-5-8-12-19)26(35)33(24)32-28(37)39-15-16-42(2,3)4/h5-14,18,21,23-25,38H,15-17H2,1-4H3,(H,31,34)(H,32,37)/t21-,23-,24+,25+,29-/m1/s1. The van der Waals surface area contributed by atoms with Crippen LogP contribution in [0.2, 0.25) is 25.7 Å². The molecule has 3 amide bonds. The molecule has 2 heterocycles. The number of hydrogen-bond acceptors (Lipinski definition) is 9. The Morgan fingerprint density at radius 3 is 2.36 bits per heavy atom. The fourth-order valence-electron chi connectivity index (χ4n) is 4.57. The second-order valence-electron chi connectivity index (χ2n) is 11.7. The van der Waals surface area contributed by atoms with Crippen molar-refractivity contribution in [2.75, 3.05) is 6.61 Å². The fourth-order valence-corrected chi connectivity index (χ4v) is 5.29. The molecule has 5 atom stereocenters. The average Bonchev–Trinajstić information content (AvgIpc) is 2.94. The Bertz CT molecular complexity index is 1320. The molecule has 0 aromatic heterocycles. The molecule has 2 aromatic rings. The van der Waals surface area contributed by atoms with Crippen molar-refractivity contribution in [1.82, 2.24) is 15.8 Å². The maximum Gasteiger partial charge on any atom is 0.426 e. The number of amides is 3. The van der Waals surface area contributed by atoms with Gasteiger partial charge in [-0.3, -0.25) is 9.59 Å². The molecule has 0 radical (unpaired) electrons. The number of rotatable bonds is 10. The summed E-state index contributed by atoms with van der Waals surface area (Å²) in [5, 5.41) is 19.1. The first-order valence-corrected chi connectivity index (χ1v) is 17.3. The van der Waals surface area contributed by atoms with E-state index in [-0.39, 0.29) is 18.6 Å². The molecule has 0 aliphatic carbocycles. The first-order valence-electron chi connectivity index (χ1n) is 13.6. The van der Waals surface area contributed by atoms with E-state index in [0.29, 0.717) is 0 Å². The molecule has 2 aliphatic heterocycles. The van der Waals surface area contributed by atoms with Crippen LogP contribution < -0.4 is 10.7 Å². The van der Waals surface area contributed by atoms with E-state index in [9.17, 15) is 24.3 Å². The minimum atomic E-state index is -1.93. The highest BCUT2D eigenvalue weighted by atomic mass is 28.3. The number of carbonyl (C=O) groups is 4. The van der Waals surface area contributed by atoms with Crippen LogP contribution in [0.1, 0.15) is 22.8 Å². The van der Waals surface area contributed by atoms with Crippen molar-refractivity contribution in [3.63, 3.8) is 0 Å². The van der Waals surface area contributed by atoms with Gasteiger partial charge in [0, 0.05) is 8.07 Å². The molecule has 42 heavy (non-hydrogen) atoms. The fraction of sp³-hybridized carbons (Fsp3) is 0.414. The molecule has 3 N–H and O–H groups in total. The number of esters is 1. The smallest absolute Gasteiger partial charge is 0.426 e. The van der Waals surface area contributed by atoms with E-state index in [2.05, 4.69) is 35.5 Å². The summed E-state index contributed by atoms with van der Waals surface area (Å²) >= 11 is 0. The van der Waals surface area contributed by atoms with Gasteiger partial charge in [-0.25, -0.2) is 20.0 Å². The summed E-state index contributed by atoms with van der Waals surface area (Å²) < 4.78 is 10.8. The van der Waals surface area contributed by atoms with Crippen LogP contribution in [0, 0.1) is 0 Å². The zero-order valence-electron chi connectivity index (χ0n) is 24.0. The van der Waals surface area contributed by atoms with Crippen LogP contribution in [0.15, 0.2) is 65.8 Å². The lowest BCUT2D eigenvalue weighted by Gasteiger charge is -2.52. The predicted octanol–water partition coefficient (Wildman–Crippen LogP) is 2.27. The topological polar surface area (TPSA) is 156 Å². The van der Waals surface area contributed by atoms with Crippen LogP contribution in [0.4, 0.5) is 4.79 Å². The normalized spacial score (nSPS) is 25.1. The molecule has 13 heteroatoms. The second kappa shape index (κ2) is 12.7. The molecule has 12 nitrogen and oxygen atoms in total. The van der Waals surface area contributed by atoms with Crippen LogP contribution in [0.5, 0.6) is 0 Å². The highest BCUT2D eigenvalue weighted by Gasteiger charge is 2.62. The predicted molar refractivity (Wildman–Crippen MR) is 155 cm³/mol. The lowest BCUT2D eigenvalue weighted by atomic mass is 9.80. The highest BCUT2D eigenvalue weighted by molar-refractivity contribution is 6.76. The van der Waals surface area contributed by atoms with Gasteiger partial charge in [-0.1, -0.05) is 73.3 Å². The molecular weight excluding hydrogens is 560 g/mol. The van der Waals surface area contributed by atoms with Crippen molar-refractivity contribution in [1.29, 1.82) is 0 Å². The Balaban J connectivity index is 1.52. The summed E-state index contributed by atoms with van der Waals surface area (Å²) in [6, 6.07) is 15.6. The SMILES string of the molecule is C[C@@]1(O)[C@H](OC(=O)c2ccccc2)C=NO[C@H]1[C@@H]1[C@@H](NC(=O)Cc2ccccc2)C(=O)N1NC(=O)OCC[Si](C)(C)C. The Morgan fingerprint density at radius 1 is 1.07 bits per heavy atom. The Kier molecular flexibility index (Phi) is 9.32. The van der Waals surface area contributed by atoms with Crippen molar-refractivity contribution in [2.45, 2.75) is 68.9 Å². The van der Waals surface area contributed by atoms with Gasteiger partial charge >= 0.3 is 12.1 Å². The summed E-state index contributed by atoms with van der Waals surface area (Å²) in [7, 11) is -1.48. The number of nitrogens with one attached hydrogen (secondary N) is 2. The first kappa shape index (κ1) is 30.7. The van der Waals surface area contributed by atoms with Crippen molar-refractivity contribution < 1.29 is 38.6 Å². The molecule has 1 saturated heterocycles. The van der Waals surface area contributed by atoms with Gasteiger partial charge in [-0.15, -0.1) is 0 Å². The minimum absolute atomic E-state index is 0.000878. The molecule has 2 aliphatic rings. The monoisotopic (exact) mass is 596 g/mol.